The Kier molecular flexibility index (Phi) is 5.00. The van der Waals surface area contributed by atoms with Crippen molar-refractivity contribution in [2.75, 3.05) is 16.4 Å². The number of nitrogens with one attached hydrogen (secondary N) is 1. The second kappa shape index (κ2) is 7.22. The third-order valence-corrected chi connectivity index (χ3v) is 7.74. The summed E-state index contributed by atoms with van der Waals surface area (Å²) < 4.78 is 52.5. The Balaban J connectivity index is 1.66. The number of halogens is 2. The van der Waals surface area contributed by atoms with Gasteiger partial charge < -0.3 is 10.1 Å². The van der Waals surface area contributed by atoms with Gasteiger partial charge in [-0.05, 0) is 44.5 Å². The molecule has 2 aromatic rings. The first-order chi connectivity index (χ1) is 14.8. The van der Waals surface area contributed by atoms with Crippen molar-refractivity contribution in [3.8, 4) is 5.75 Å². The number of aromatic nitrogens is 1. The number of amides is 2. The highest BCUT2D eigenvalue weighted by Crippen LogP contribution is 2.46. The summed E-state index contributed by atoms with van der Waals surface area (Å²) in [5, 5.41) is 2.75. The maximum absolute atomic E-state index is 13.2. The highest BCUT2D eigenvalue weighted by atomic mass is 32.2. The number of benzene rings is 1. The summed E-state index contributed by atoms with van der Waals surface area (Å²) in [6.45, 7) is 2.03. The normalized spacial score (nSPS) is 19.9. The molecule has 32 heavy (non-hydrogen) atoms. The lowest BCUT2D eigenvalue weighted by Crippen LogP contribution is -2.63. The smallest absolute Gasteiger partial charge is 0.387 e. The molecule has 1 fully saturated rings. The van der Waals surface area contributed by atoms with E-state index >= 15 is 0 Å². The molecule has 1 aromatic carbocycles. The minimum absolute atomic E-state index is 0.127. The van der Waals surface area contributed by atoms with Crippen LogP contribution in [0.4, 0.5) is 20.2 Å². The van der Waals surface area contributed by atoms with E-state index in [1.807, 2.05) is 0 Å². The van der Waals surface area contributed by atoms with Crippen LogP contribution in [0, 0.1) is 0 Å². The van der Waals surface area contributed by atoms with E-state index in [2.05, 4.69) is 15.0 Å². The summed E-state index contributed by atoms with van der Waals surface area (Å²) >= 11 is 0. The van der Waals surface area contributed by atoms with Crippen LogP contribution in [-0.4, -0.2) is 48.9 Å². The van der Waals surface area contributed by atoms with Crippen LogP contribution < -0.4 is 15.0 Å². The lowest BCUT2D eigenvalue weighted by atomic mass is 9.85. The minimum atomic E-state index is -3.13. The average Bonchev–Trinajstić information content (AvgIpc) is 2.85. The number of anilines is 2. The van der Waals surface area contributed by atoms with Crippen molar-refractivity contribution in [3.05, 3.63) is 47.8 Å². The summed E-state index contributed by atoms with van der Waals surface area (Å²) in [6, 6.07) is 6.00. The Morgan fingerprint density at radius 2 is 1.88 bits per heavy atom. The Morgan fingerprint density at radius 3 is 2.50 bits per heavy atom. The molecule has 2 amide bonds. The number of pyridine rings is 1. The predicted molar refractivity (Wildman–Crippen MR) is 112 cm³/mol. The van der Waals surface area contributed by atoms with E-state index in [1.165, 1.54) is 23.2 Å². The first kappa shape index (κ1) is 22.1. The molecule has 0 unspecified atom stereocenters. The van der Waals surface area contributed by atoms with Gasteiger partial charge in [-0.3, -0.25) is 19.5 Å². The van der Waals surface area contributed by atoms with Gasteiger partial charge in [0.15, 0.2) is 9.84 Å². The number of carbonyl (C=O) groups is 2. The standard InChI is InChI=1S/C21H21F2N3O5S/c1-20(2)15-6-12(17(27)25-21(3)10-32(29,30)11-21)4-5-16(15)26(18(20)28)13-7-14(9-24-8-13)31-19(22)23/h4-9,19H,10-11H2,1-3H3,(H,25,27). The zero-order chi connectivity index (χ0) is 23.5. The van der Waals surface area contributed by atoms with Crippen molar-refractivity contribution < 1.29 is 31.5 Å². The van der Waals surface area contributed by atoms with Crippen LogP contribution in [0.1, 0.15) is 36.7 Å². The van der Waals surface area contributed by atoms with Gasteiger partial charge in [-0.1, -0.05) is 0 Å². The van der Waals surface area contributed by atoms with E-state index in [1.54, 1.807) is 32.9 Å². The molecule has 1 aromatic heterocycles. The number of hydrogen-bond donors (Lipinski definition) is 1. The molecule has 0 aliphatic carbocycles. The van der Waals surface area contributed by atoms with Gasteiger partial charge in [0.05, 0.1) is 46.2 Å². The molecule has 1 N–H and O–H groups in total. The van der Waals surface area contributed by atoms with E-state index in [0.717, 1.165) is 6.20 Å². The van der Waals surface area contributed by atoms with Crippen LogP contribution >= 0.6 is 0 Å². The zero-order valence-corrected chi connectivity index (χ0v) is 18.4. The molecule has 170 valence electrons. The second-order valence-electron chi connectivity index (χ2n) is 8.80. The third kappa shape index (κ3) is 3.81. The maximum Gasteiger partial charge on any atom is 0.387 e. The van der Waals surface area contributed by atoms with Crippen LogP contribution in [0.2, 0.25) is 0 Å². The van der Waals surface area contributed by atoms with Crippen molar-refractivity contribution in [2.24, 2.45) is 0 Å². The molecule has 1 saturated heterocycles. The first-order valence-electron chi connectivity index (χ1n) is 9.73. The summed E-state index contributed by atoms with van der Waals surface area (Å²) in [5.41, 5.74) is -0.237. The van der Waals surface area contributed by atoms with Crippen molar-refractivity contribution >= 4 is 33.0 Å². The van der Waals surface area contributed by atoms with E-state index in [0.29, 0.717) is 11.3 Å². The largest absolute Gasteiger partial charge is 0.433 e. The fraction of sp³-hybridized carbons (Fsp3) is 0.381. The van der Waals surface area contributed by atoms with Crippen molar-refractivity contribution in [3.63, 3.8) is 0 Å². The van der Waals surface area contributed by atoms with E-state index in [9.17, 15) is 26.8 Å². The third-order valence-electron chi connectivity index (χ3n) is 5.59. The molecule has 2 aliphatic rings. The summed E-state index contributed by atoms with van der Waals surface area (Å²) in [5.74, 6) is -1.20. The molecule has 3 heterocycles. The van der Waals surface area contributed by atoms with Crippen LogP contribution in [0.15, 0.2) is 36.7 Å². The number of nitrogens with zero attached hydrogens (tertiary/aromatic N) is 2. The Labute approximate surface area is 183 Å². The number of ether oxygens (including phenoxy) is 1. The average molecular weight is 465 g/mol. The van der Waals surface area contributed by atoms with Gasteiger partial charge in [-0.25, -0.2) is 8.42 Å². The van der Waals surface area contributed by atoms with E-state index in [4.69, 9.17) is 0 Å². The first-order valence-corrected chi connectivity index (χ1v) is 11.6. The molecule has 0 atom stereocenters. The zero-order valence-electron chi connectivity index (χ0n) is 17.6. The number of fused-ring (bicyclic) bond motifs is 1. The molecule has 0 radical (unpaired) electrons. The lowest BCUT2D eigenvalue weighted by Gasteiger charge is -2.38. The Morgan fingerprint density at radius 1 is 1.19 bits per heavy atom. The van der Waals surface area contributed by atoms with Crippen LogP contribution in [-0.2, 0) is 20.0 Å². The van der Waals surface area contributed by atoms with Gasteiger partial charge in [0.2, 0.25) is 5.91 Å². The number of hydrogen-bond acceptors (Lipinski definition) is 6. The van der Waals surface area contributed by atoms with Gasteiger partial charge >= 0.3 is 6.61 Å². The number of sulfone groups is 1. The van der Waals surface area contributed by atoms with Gasteiger partial charge in [-0.2, -0.15) is 8.78 Å². The highest BCUT2D eigenvalue weighted by Gasteiger charge is 2.47. The Bertz CT molecular complexity index is 1220. The summed E-state index contributed by atoms with van der Waals surface area (Å²) in [4.78, 5) is 31.2. The van der Waals surface area contributed by atoms with E-state index < -0.39 is 33.3 Å². The lowest BCUT2D eigenvalue weighted by molar-refractivity contribution is -0.121. The molecule has 4 rings (SSSR count). The quantitative estimate of drug-likeness (QED) is 0.728. The molecule has 0 bridgehead atoms. The van der Waals surface area contributed by atoms with Crippen LogP contribution in [0.3, 0.4) is 0 Å². The number of rotatable bonds is 5. The summed E-state index contributed by atoms with van der Waals surface area (Å²) in [7, 11) is -3.13. The highest BCUT2D eigenvalue weighted by molar-refractivity contribution is 7.93. The van der Waals surface area contributed by atoms with Crippen molar-refractivity contribution in [1.29, 1.82) is 0 Å². The molecular formula is C21H21F2N3O5S. The molecule has 0 saturated carbocycles. The van der Waals surface area contributed by atoms with Gasteiger partial charge in [0, 0.05) is 11.6 Å². The molecule has 11 heteroatoms. The second-order valence-corrected chi connectivity index (χ2v) is 10.9. The van der Waals surface area contributed by atoms with Gasteiger partial charge in [0.1, 0.15) is 5.75 Å². The fourth-order valence-electron chi connectivity index (χ4n) is 4.18. The molecular weight excluding hydrogens is 444 g/mol. The SMILES string of the molecule is CC1(NC(=O)c2ccc3c(c2)C(C)(C)C(=O)N3c2cncc(OC(F)F)c2)CS(=O)(=O)C1. The molecule has 2 aliphatic heterocycles. The van der Waals surface area contributed by atoms with Crippen LogP contribution in [0.5, 0.6) is 5.75 Å². The fourth-order valence-corrected chi connectivity index (χ4v) is 6.18. The monoisotopic (exact) mass is 465 g/mol. The van der Waals surface area contributed by atoms with Crippen molar-refractivity contribution in [1.82, 2.24) is 10.3 Å². The number of carbonyl (C=O) groups excluding carboxylic acids is 2. The topological polar surface area (TPSA) is 106 Å². The predicted octanol–water partition coefficient (Wildman–Crippen LogP) is 2.56. The minimum Gasteiger partial charge on any atom is -0.433 e. The van der Waals surface area contributed by atoms with E-state index in [-0.39, 0.29) is 34.4 Å². The van der Waals surface area contributed by atoms with Crippen LogP contribution in [0.25, 0.3) is 0 Å². The molecule has 8 nitrogen and oxygen atoms in total. The van der Waals surface area contributed by atoms with Crippen molar-refractivity contribution in [2.45, 2.75) is 38.3 Å². The summed E-state index contributed by atoms with van der Waals surface area (Å²) in [6.07, 6.45) is 2.48. The maximum atomic E-state index is 13.2. The van der Waals surface area contributed by atoms with Gasteiger partial charge in [0.25, 0.3) is 5.91 Å². The number of alkyl halides is 2. The van der Waals surface area contributed by atoms with Gasteiger partial charge in [-0.15, -0.1) is 0 Å². The molecule has 0 spiro atoms. The Hall–Kier alpha value is -3.08.